The Morgan fingerprint density at radius 2 is 1.87 bits per heavy atom. The van der Waals surface area contributed by atoms with Crippen LogP contribution in [0.25, 0.3) is 0 Å². The summed E-state index contributed by atoms with van der Waals surface area (Å²) in [5.41, 5.74) is 0. The van der Waals surface area contributed by atoms with Crippen molar-refractivity contribution in [2.24, 2.45) is 5.92 Å². The Hall–Kier alpha value is -1.25. The topological polar surface area (TPSA) is 34.0 Å². The van der Waals surface area contributed by atoms with Crippen molar-refractivity contribution in [3.8, 4) is 0 Å². The van der Waals surface area contributed by atoms with Crippen molar-refractivity contribution in [1.29, 1.82) is 0 Å². The van der Waals surface area contributed by atoms with Crippen LogP contribution in [0.2, 0.25) is 0 Å². The number of carbonyl (C=O) groups is 1. The molecule has 0 saturated carbocycles. The number of nitrogens with one attached hydrogen (secondary N) is 1. The summed E-state index contributed by atoms with van der Waals surface area (Å²) in [7, 11) is 0. The molecule has 1 heterocycles. The van der Waals surface area contributed by atoms with E-state index in [0.717, 1.165) is 19.4 Å². The monoisotopic (exact) mass is 208 g/mol. The van der Waals surface area contributed by atoms with Gasteiger partial charge in [0.05, 0.1) is 0 Å². The van der Waals surface area contributed by atoms with Gasteiger partial charge in [0.25, 0.3) is 0 Å². The van der Waals surface area contributed by atoms with Gasteiger partial charge in [0.2, 0.25) is 5.91 Å². The van der Waals surface area contributed by atoms with Crippen LogP contribution in [0.1, 0.15) is 26.7 Å². The van der Waals surface area contributed by atoms with Crippen molar-refractivity contribution in [2.75, 3.05) is 6.54 Å². The highest BCUT2D eigenvalue weighted by Gasteiger charge is 2.12. The van der Waals surface area contributed by atoms with Crippen molar-refractivity contribution in [1.82, 2.24) is 9.88 Å². The molecule has 0 fully saturated rings. The zero-order valence-corrected chi connectivity index (χ0v) is 9.57. The van der Waals surface area contributed by atoms with Crippen LogP contribution >= 0.6 is 0 Å². The van der Waals surface area contributed by atoms with E-state index in [-0.39, 0.29) is 11.8 Å². The van der Waals surface area contributed by atoms with E-state index in [0.29, 0.717) is 6.54 Å². The van der Waals surface area contributed by atoms with Gasteiger partial charge in [-0.3, -0.25) is 4.79 Å². The highest BCUT2D eigenvalue weighted by molar-refractivity contribution is 5.78. The second-order valence-corrected chi connectivity index (χ2v) is 3.73. The summed E-state index contributed by atoms with van der Waals surface area (Å²) in [5.74, 6) is 0.363. The molecule has 0 spiro atoms. The molecule has 0 unspecified atom stereocenters. The van der Waals surface area contributed by atoms with Gasteiger partial charge >= 0.3 is 0 Å². The van der Waals surface area contributed by atoms with Gasteiger partial charge in [0, 0.05) is 31.4 Å². The molecule has 3 nitrogen and oxygen atoms in total. The lowest BCUT2D eigenvalue weighted by molar-refractivity contribution is -0.125. The number of hydrogen-bond donors (Lipinski definition) is 1. The molecule has 1 aromatic rings. The lowest BCUT2D eigenvalue weighted by atomic mass is 10.0. The van der Waals surface area contributed by atoms with Gasteiger partial charge in [-0.25, -0.2) is 0 Å². The second-order valence-electron chi connectivity index (χ2n) is 3.73. The van der Waals surface area contributed by atoms with E-state index in [1.54, 1.807) is 0 Å². The zero-order valence-electron chi connectivity index (χ0n) is 9.57. The third-order valence-corrected chi connectivity index (χ3v) is 2.69. The quantitative estimate of drug-likeness (QED) is 0.762. The molecule has 84 valence electrons. The first-order valence-corrected chi connectivity index (χ1v) is 5.66. The lowest BCUT2D eigenvalue weighted by Crippen LogP contribution is -2.32. The predicted octanol–water partition coefficient (Wildman–Crippen LogP) is 2.04. The van der Waals surface area contributed by atoms with E-state index < -0.39 is 0 Å². The number of hydrogen-bond acceptors (Lipinski definition) is 1. The highest BCUT2D eigenvalue weighted by atomic mass is 16.1. The Morgan fingerprint density at radius 1 is 1.27 bits per heavy atom. The van der Waals surface area contributed by atoms with Crippen molar-refractivity contribution < 1.29 is 4.79 Å². The number of aromatic nitrogens is 1. The summed E-state index contributed by atoms with van der Waals surface area (Å²) in [5, 5.41) is 2.96. The third kappa shape index (κ3) is 3.78. The maximum absolute atomic E-state index is 11.6. The van der Waals surface area contributed by atoms with Crippen LogP contribution in [0.3, 0.4) is 0 Å². The summed E-state index contributed by atoms with van der Waals surface area (Å²) in [6.45, 7) is 5.67. The molecule has 15 heavy (non-hydrogen) atoms. The van der Waals surface area contributed by atoms with E-state index in [1.807, 2.05) is 24.5 Å². The fourth-order valence-electron chi connectivity index (χ4n) is 1.63. The molecule has 1 amide bonds. The van der Waals surface area contributed by atoms with Crippen LogP contribution in [0, 0.1) is 5.92 Å². The zero-order chi connectivity index (χ0) is 11.1. The van der Waals surface area contributed by atoms with Gasteiger partial charge in [0.15, 0.2) is 0 Å². The van der Waals surface area contributed by atoms with Crippen LogP contribution in [-0.4, -0.2) is 17.0 Å². The molecule has 0 atom stereocenters. The number of carbonyl (C=O) groups excluding carboxylic acids is 1. The summed E-state index contributed by atoms with van der Waals surface area (Å²) < 4.78 is 2.06. The Labute approximate surface area is 91.5 Å². The fraction of sp³-hybridized carbons (Fsp3) is 0.583. The van der Waals surface area contributed by atoms with Crippen molar-refractivity contribution in [2.45, 2.75) is 33.2 Å². The minimum absolute atomic E-state index is 0.176. The molecule has 0 aliphatic rings. The summed E-state index contributed by atoms with van der Waals surface area (Å²) in [6, 6.07) is 3.98. The molecule has 0 aliphatic heterocycles. The molecular formula is C12H20N2O. The summed E-state index contributed by atoms with van der Waals surface area (Å²) >= 11 is 0. The fourth-order valence-corrected chi connectivity index (χ4v) is 1.63. The summed E-state index contributed by atoms with van der Waals surface area (Å²) in [4.78, 5) is 11.6. The Morgan fingerprint density at radius 3 is 2.40 bits per heavy atom. The normalized spacial score (nSPS) is 10.6. The van der Waals surface area contributed by atoms with Gasteiger partial charge in [0.1, 0.15) is 0 Å². The highest BCUT2D eigenvalue weighted by Crippen LogP contribution is 2.06. The van der Waals surface area contributed by atoms with Crippen molar-refractivity contribution in [3.05, 3.63) is 24.5 Å². The van der Waals surface area contributed by atoms with Crippen LogP contribution in [0.5, 0.6) is 0 Å². The van der Waals surface area contributed by atoms with Gasteiger partial charge in [-0.1, -0.05) is 13.8 Å². The number of nitrogens with zero attached hydrogens (tertiary/aromatic N) is 1. The summed E-state index contributed by atoms with van der Waals surface area (Å²) in [6.07, 6.45) is 5.85. The van der Waals surface area contributed by atoms with Crippen molar-refractivity contribution in [3.63, 3.8) is 0 Å². The molecular weight excluding hydrogens is 188 g/mol. The van der Waals surface area contributed by atoms with Crippen LogP contribution in [-0.2, 0) is 11.3 Å². The van der Waals surface area contributed by atoms with E-state index >= 15 is 0 Å². The molecule has 0 radical (unpaired) electrons. The Kier molecular flexibility index (Phi) is 4.95. The maximum Gasteiger partial charge on any atom is 0.223 e. The van der Waals surface area contributed by atoms with E-state index in [1.165, 1.54) is 0 Å². The standard InChI is InChI=1S/C12H20N2O/c1-3-11(4-2)12(15)13-7-10-14-8-5-6-9-14/h5-6,8-9,11H,3-4,7,10H2,1-2H3,(H,13,15). The van der Waals surface area contributed by atoms with E-state index in [2.05, 4.69) is 23.7 Å². The van der Waals surface area contributed by atoms with Crippen LogP contribution in [0.15, 0.2) is 24.5 Å². The molecule has 0 aromatic carbocycles. The Balaban J connectivity index is 2.22. The molecule has 3 heteroatoms. The van der Waals surface area contributed by atoms with Gasteiger partial charge in [-0.05, 0) is 25.0 Å². The first kappa shape index (κ1) is 11.8. The predicted molar refractivity (Wildman–Crippen MR) is 61.5 cm³/mol. The molecule has 1 rings (SSSR count). The first-order chi connectivity index (χ1) is 7.27. The smallest absolute Gasteiger partial charge is 0.223 e. The van der Waals surface area contributed by atoms with E-state index in [9.17, 15) is 4.79 Å². The Bertz CT molecular complexity index is 276. The first-order valence-electron chi connectivity index (χ1n) is 5.66. The largest absolute Gasteiger partial charge is 0.354 e. The van der Waals surface area contributed by atoms with Gasteiger partial charge in [-0.2, -0.15) is 0 Å². The lowest BCUT2D eigenvalue weighted by Gasteiger charge is -2.12. The van der Waals surface area contributed by atoms with Gasteiger partial charge in [-0.15, -0.1) is 0 Å². The number of rotatable bonds is 6. The van der Waals surface area contributed by atoms with Crippen LogP contribution in [0.4, 0.5) is 0 Å². The third-order valence-electron chi connectivity index (χ3n) is 2.69. The minimum atomic E-state index is 0.176. The van der Waals surface area contributed by atoms with Crippen LogP contribution < -0.4 is 5.32 Å². The SMILES string of the molecule is CCC(CC)C(=O)NCCn1cccc1. The van der Waals surface area contributed by atoms with E-state index in [4.69, 9.17) is 0 Å². The van der Waals surface area contributed by atoms with Crippen molar-refractivity contribution >= 4 is 5.91 Å². The molecule has 0 aliphatic carbocycles. The molecule has 0 saturated heterocycles. The molecule has 1 N–H and O–H groups in total. The van der Waals surface area contributed by atoms with Gasteiger partial charge < -0.3 is 9.88 Å². The minimum Gasteiger partial charge on any atom is -0.354 e. The average molecular weight is 208 g/mol. The number of amides is 1. The molecule has 0 bridgehead atoms. The average Bonchev–Trinajstić information content (AvgIpc) is 2.72. The molecule has 1 aromatic heterocycles. The maximum atomic E-state index is 11.6. The second kappa shape index (κ2) is 6.27.